The average molecular weight is 434 g/mol. The monoisotopic (exact) mass is 433 g/mol. The highest BCUT2D eigenvalue weighted by atomic mass is 16.5. The fourth-order valence-electron chi connectivity index (χ4n) is 4.24. The zero-order chi connectivity index (χ0) is 22.2. The van der Waals surface area contributed by atoms with E-state index in [1.54, 1.807) is 24.3 Å². The van der Waals surface area contributed by atoms with Gasteiger partial charge in [-0.15, -0.1) is 0 Å². The predicted octanol–water partition coefficient (Wildman–Crippen LogP) is 1.47. The molecule has 0 unspecified atom stereocenters. The van der Waals surface area contributed by atoms with E-state index in [1.165, 1.54) is 0 Å². The summed E-state index contributed by atoms with van der Waals surface area (Å²) in [6.45, 7) is 1.50. The molecule has 1 aromatic rings. The van der Waals surface area contributed by atoms with Crippen LogP contribution in [-0.2, 0) is 14.4 Å². The molecule has 0 saturated carbocycles. The van der Waals surface area contributed by atoms with E-state index in [0.717, 1.165) is 50.1 Å². The van der Waals surface area contributed by atoms with E-state index in [-0.39, 0.29) is 6.61 Å². The molecule has 9 heteroatoms. The van der Waals surface area contributed by atoms with Crippen LogP contribution in [0.4, 0.5) is 5.69 Å². The van der Waals surface area contributed by atoms with Crippen LogP contribution < -0.4 is 20.3 Å². The number of para-hydroxylation sites is 2. The molecule has 2 atom stereocenters. The summed E-state index contributed by atoms with van der Waals surface area (Å²) in [5.41, 5.74) is 0.369. The van der Waals surface area contributed by atoms with Gasteiger partial charge in [0.25, 0.3) is 0 Å². The van der Waals surface area contributed by atoms with Crippen LogP contribution in [0.3, 0.4) is 0 Å². The van der Waals surface area contributed by atoms with Crippen molar-refractivity contribution in [2.45, 2.75) is 50.6 Å². The van der Waals surface area contributed by atoms with Crippen molar-refractivity contribution in [3.63, 3.8) is 0 Å². The number of carboxylic acids is 2. The van der Waals surface area contributed by atoms with Gasteiger partial charge in [0.15, 0.2) is 0 Å². The van der Waals surface area contributed by atoms with Gasteiger partial charge in [-0.25, -0.2) is 0 Å². The number of ether oxygens (including phenoxy) is 1. The van der Waals surface area contributed by atoms with Crippen LogP contribution in [0.25, 0.3) is 0 Å². The number of piperidine rings is 1. The number of unbranched alkanes of at least 4 members (excludes halogenated alkanes) is 1. The van der Waals surface area contributed by atoms with E-state index in [2.05, 4.69) is 10.6 Å². The summed E-state index contributed by atoms with van der Waals surface area (Å²) >= 11 is 0. The summed E-state index contributed by atoms with van der Waals surface area (Å²) in [6.07, 6.45) is 5.50. The number of aliphatic carboxylic acids is 2. The van der Waals surface area contributed by atoms with Crippen molar-refractivity contribution >= 4 is 23.5 Å². The smallest absolute Gasteiger partial charge is 0.323 e. The van der Waals surface area contributed by atoms with Gasteiger partial charge in [-0.05, 0) is 50.4 Å². The summed E-state index contributed by atoms with van der Waals surface area (Å²) in [5, 5.41) is 25.2. The lowest BCUT2D eigenvalue weighted by Crippen LogP contribution is -2.54. The van der Waals surface area contributed by atoms with Crippen LogP contribution in [0, 0.1) is 5.92 Å². The van der Waals surface area contributed by atoms with Crippen molar-refractivity contribution in [1.29, 1.82) is 0 Å². The predicted molar refractivity (Wildman–Crippen MR) is 114 cm³/mol. The van der Waals surface area contributed by atoms with Crippen molar-refractivity contribution < 1.29 is 29.3 Å². The zero-order valence-electron chi connectivity index (χ0n) is 17.6. The normalized spacial score (nSPS) is 20.5. The lowest BCUT2D eigenvalue weighted by molar-refractivity contribution is -0.141. The van der Waals surface area contributed by atoms with Crippen LogP contribution in [-0.4, -0.2) is 66.4 Å². The lowest BCUT2D eigenvalue weighted by atomic mass is 9.92. The van der Waals surface area contributed by atoms with Gasteiger partial charge in [0.2, 0.25) is 5.91 Å². The molecule has 2 aliphatic heterocycles. The molecule has 1 amide bonds. The van der Waals surface area contributed by atoms with Gasteiger partial charge in [-0.3, -0.25) is 24.6 Å². The molecule has 0 aromatic heterocycles. The number of anilines is 1. The second-order valence-corrected chi connectivity index (χ2v) is 8.18. The minimum atomic E-state index is -1.16. The number of hydrogen-bond donors (Lipinski definition) is 4. The van der Waals surface area contributed by atoms with E-state index in [9.17, 15) is 24.6 Å². The Morgan fingerprint density at radius 2 is 1.94 bits per heavy atom. The topological polar surface area (TPSA) is 128 Å². The number of nitrogens with zero attached hydrogens (tertiary/aromatic N) is 1. The second kappa shape index (κ2) is 11.1. The van der Waals surface area contributed by atoms with Gasteiger partial charge in [-0.2, -0.15) is 0 Å². The highest BCUT2D eigenvalue weighted by Crippen LogP contribution is 2.31. The zero-order valence-corrected chi connectivity index (χ0v) is 17.6. The molecule has 2 aliphatic rings. The van der Waals surface area contributed by atoms with E-state index >= 15 is 0 Å². The fraction of sp³-hybridized carbons (Fsp3) is 0.591. The largest absolute Gasteiger partial charge is 0.489 e. The summed E-state index contributed by atoms with van der Waals surface area (Å²) in [5.74, 6) is -1.60. The third-order valence-corrected chi connectivity index (χ3v) is 5.93. The first-order chi connectivity index (χ1) is 15.0. The van der Waals surface area contributed by atoms with Crippen LogP contribution >= 0.6 is 0 Å². The maximum Gasteiger partial charge on any atom is 0.323 e. The Kier molecular flexibility index (Phi) is 8.25. The van der Waals surface area contributed by atoms with Crippen LogP contribution in [0.2, 0.25) is 0 Å². The minimum absolute atomic E-state index is 0.0647. The van der Waals surface area contributed by atoms with E-state index in [1.807, 2.05) is 0 Å². The molecule has 3 rings (SSSR count). The first-order valence-corrected chi connectivity index (χ1v) is 10.9. The van der Waals surface area contributed by atoms with Crippen molar-refractivity contribution in [3.8, 4) is 5.75 Å². The fourth-order valence-corrected chi connectivity index (χ4v) is 4.24. The third-order valence-electron chi connectivity index (χ3n) is 5.93. The second-order valence-electron chi connectivity index (χ2n) is 8.18. The van der Waals surface area contributed by atoms with Gasteiger partial charge in [0, 0.05) is 0 Å². The quantitative estimate of drug-likeness (QED) is 0.409. The average Bonchev–Trinajstić information content (AvgIpc) is 2.88. The molecule has 0 aliphatic carbocycles. The summed E-state index contributed by atoms with van der Waals surface area (Å²) in [4.78, 5) is 37.3. The first kappa shape index (κ1) is 23.0. The van der Waals surface area contributed by atoms with Crippen molar-refractivity contribution in [3.05, 3.63) is 24.3 Å². The molecule has 0 bridgehead atoms. The third kappa shape index (κ3) is 6.41. The summed E-state index contributed by atoms with van der Waals surface area (Å²) in [6, 6.07) is 4.86. The highest BCUT2D eigenvalue weighted by molar-refractivity contribution is 6.02. The Balaban J connectivity index is 1.60. The lowest BCUT2D eigenvalue weighted by Gasteiger charge is -2.25. The molecule has 9 nitrogen and oxygen atoms in total. The molecule has 1 fully saturated rings. The molecule has 170 valence electrons. The Hall–Kier alpha value is -2.65. The standard InChI is InChI=1S/C22H31N3O6/c26-20(27)13-25-18-7-3-4-8-19(18)31-14-17(21(25)28)24-16(22(29)30)6-2-1-5-15-9-11-23-12-10-15/h3-4,7-8,15-17,23-24H,1-2,5-6,9-14H2,(H,26,27)(H,29,30)/t16-,17-/m0/s1. The number of carbonyl (C=O) groups excluding carboxylic acids is 1. The molecule has 1 aromatic carbocycles. The number of rotatable bonds is 10. The van der Waals surface area contributed by atoms with Crippen molar-refractivity contribution in [1.82, 2.24) is 10.6 Å². The molecule has 1 saturated heterocycles. The van der Waals surface area contributed by atoms with Crippen LogP contribution in [0.5, 0.6) is 5.75 Å². The minimum Gasteiger partial charge on any atom is -0.489 e. The van der Waals surface area contributed by atoms with E-state index in [0.29, 0.717) is 23.8 Å². The van der Waals surface area contributed by atoms with E-state index < -0.39 is 36.5 Å². The number of nitrogens with one attached hydrogen (secondary N) is 2. The number of fused-ring (bicyclic) bond motifs is 1. The van der Waals surface area contributed by atoms with Crippen molar-refractivity contribution in [2.24, 2.45) is 5.92 Å². The van der Waals surface area contributed by atoms with Gasteiger partial charge >= 0.3 is 11.9 Å². The van der Waals surface area contributed by atoms with Gasteiger partial charge in [0.1, 0.15) is 31.0 Å². The maximum absolute atomic E-state index is 13.1. The maximum atomic E-state index is 13.1. The van der Waals surface area contributed by atoms with Gasteiger partial charge < -0.3 is 20.3 Å². The SMILES string of the molecule is O=C(O)CN1C(=O)[C@@H](N[C@@H](CCCCC2CCNCC2)C(=O)O)COc2ccccc21. The van der Waals surface area contributed by atoms with Gasteiger partial charge in [-0.1, -0.05) is 31.4 Å². The Morgan fingerprint density at radius 3 is 2.65 bits per heavy atom. The first-order valence-electron chi connectivity index (χ1n) is 10.9. The molecular weight excluding hydrogens is 402 g/mol. The molecule has 2 heterocycles. The number of amides is 1. The van der Waals surface area contributed by atoms with Gasteiger partial charge in [0.05, 0.1) is 5.69 Å². The number of carboxylic acid groups (broad SMARTS) is 2. The Morgan fingerprint density at radius 1 is 1.19 bits per heavy atom. The Bertz CT molecular complexity index is 780. The summed E-state index contributed by atoms with van der Waals surface area (Å²) in [7, 11) is 0. The Labute approximate surface area is 181 Å². The van der Waals surface area contributed by atoms with Crippen LogP contribution in [0.15, 0.2) is 24.3 Å². The van der Waals surface area contributed by atoms with E-state index in [4.69, 9.17) is 4.74 Å². The number of hydrogen-bond acceptors (Lipinski definition) is 6. The molecule has 0 spiro atoms. The van der Waals surface area contributed by atoms with Crippen LogP contribution in [0.1, 0.15) is 38.5 Å². The molecule has 31 heavy (non-hydrogen) atoms. The number of benzene rings is 1. The molecular formula is C22H31N3O6. The molecule has 4 N–H and O–H groups in total. The molecule has 0 radical (unpaired) electrons. The van der Waals surface area contributed by atoms with Crippen molar-refractivity contribution in [2.75, 3.05) is 31.1 Å². The highest BCUT2D eigenvalue weighted by Gasteiger charge is 2.35. The summed E-state index contributed by atoms with van der Waals surface area (Å²) < 4.78 is 5.71. The number of carbonyl (C=O) groups is 3.